The van der Waals surface area contributed by atoms with Crippen molar-refractivity contribution in [3.63, 3.8) is 0 Å². The molecule has 2 rings (SSSR count). The average Bonchev–Trinajstić information content (AvgIpc) is 2.71. The lowest BCUT2D eigenvalue weighted by Gasteiger charge is -2.30. The maximum atomic E-state index is 9.21. The molecule has 0 unspecified atom stereocenters. The maximum absolute atomic E-state index is 9.21. The number of benzene rings is 1. The molecule has 0 spiro atoms. The molecule has 0 aromatic heterocycles. The first-order valence-corrected chi connectivity index (χ1v) is 7.88. The standard InChI is InChI=1S/C16H24ClNO4/c1-16(4-5-19,11-20-2)18-10-12-8-13(17)15-14(9-12)21-6-3-7-22-15/h8-9,18-19H,3-7,10-11H2,1-2H3/t16-/m0/s1. The Balaban J connectivity index is 2.09. The monoisotopic (exact) mass is 329 g/mol. The predicted molar refractivity (Wildman–Crippen MR) is 85.9 cm³/mol. The SMILES string of the molecule is COC[C@](C)(CCO)NCc1cc(Cl)c2c(c1)OCCCO2. The average molecular weight is 330 g/mol. The van der Waals surface area contributed by atoms with Crippen molar-refractivity contribution in [1.29, 1.82) is 0 Å². The normalized spacial score (nSPS) is 16.9. The second-order valence-corrected chi connectivity index (χ2v) is 6.18. The lowest BCUT2D eigenvalue weighted by Crippen LogP contribution is -2.46. The molecule has 0 saturated carbocycles. The molecule has 0 bridgehead atoms. The summed E-state index contributed by atoms with van der Waals surface area (Å²) in [4.78, 5) is 0. The molecule has 0 saturated heterocycles. The van der Waals surface area contributed by atoms with Gasteiger partial charge in [0, 0.05) is 32.2 Å². The Labute approximate surface area is 136 Å². The van der Waals surface area contributed by atoms with Gasteiger partial charge in [-0.2, -0.15) is 0 Å². The minimum Gasteiger partial charge on any atom is -0.489 e. The fraction of sp³-hybridized carbons (Fsp3) is 0.625. The van der Waals surface area contributed by atoms with Gasteiger partial charge < -0.3 is 24.6 Å². The third-order valence-electron chi connectivity index (χ3n) is 3.71. The molecule has 22 heavy (non-hydrogen) atoms. The first kappa shape index (κ1) is 17.3. The van der Waals surface area contributed by atoms with E-state index in [1.165, 1.54) is 0 Å². The van der Waals surface area contributed by atoms with Crippen LogP contribution in [0.5, 0.6) is 11.5 Å². The molecule has 0 amide bonds. The molecule has 1 aliphatic rings. The number of fused-ring (bicyclic) bond motifs is 1. The van der Waals surface area contributed by atoms with E-state index in [4.69, 9.17) is 25.8 Å². The van der Waals surface area contributed by atoms with Gasteiger partial charge in [0.15, 0.2) is 11.5 Å². The van der Waals surface area contributed by atoms with Crippen LogP contribution in [-0.2, 0) is 11.3 Å². The molecule has 1 aromatic rings. The summed E-state index contributed by atoms with van der Waals surface area (Å²) in [5, 5.41) is 13.2. The molecule has 1 heterocycles. The second kappa shape index (κ2) is 8.02. The molecule has 1 aliphatic heterocycles. The van der Waals surface area contributed by atoms with Crippen LogP contribution in [0.4, 0.5) is 0 Å². The summed E-state index contributed by atoms with van der Waals surface area (Å²) in [5.74, 6) is 1.32. The van der Waals surface area contributed by atoms with Gasteiger partial charge in [-0.15, -0.1) is 0 Å². The zero-order valence-corrected chi connectivity index (χ0v) is 13.9. The Bertz CT molecular complexity index is 489. The summed E-state index contributed by atoms with van der Waals surface area (Å²) in [6.45, 7) is 4.51. The van der Waals surface area contributed by atoms with Crippen LogP contribution in [-0.4, -0.2) is 44.2 Å². The van der Waals surface area contributed by atoms with Crippen LogP contribution < -0.4 is 14.8 Å². The van der Waals surface area contributed by atoms with E-state index in [0.717, 1.165) is 12.0 Å². The second-order valence-electron chi connectivity index (χ2n) is 5.78. The summed E-state index contributed by atoms with van der Waals surface area (Å²) in [6, 6.07) is 3.83. The van der Waals surface area contributed by atoms with E-state index in [-0.39, 0.29) is 12.1 Å². The Kier molecular flexibility index (Phi) is 6.32. The number of hydrogen-bond acceptors (Lipinski definition) is 5. The zero-order chi connectivity index (χ0) is 16.0. The third-order valence-corrected chi connectivity index (χ3v) is 3.99. The number of methoxy groups -OCH3 is 1. The smallest absolute Gasteiger partial charge is 0.179 e. The first-order valence-electron chi connectivity index (χ1n) is 7.51. The van der Waals surface area contributed by atoms with Gasteiger partial charge in [-0.3, -0.25) is 0 Å². The zero-order valence-electron chi connectivity index (χ0n) is 13.2. The van der Waals surface area contributed by atoms with E-state index in [2.05, 4.69) is 5.32 Å². The van der Waals surface area contributed by atoms with Crippen LogP contribution in [0.3, 0.4) is 0 Å². The summed E-state index contributed by atoms with van der Waals surface area (Å²) in [7, 11) is 1.65. The van der Waals surface area contributed by atoms with Crippen molar-refractivity contribution in [3.05, 3.63) is 22.7 Å². The summed E-state index contributed by atoms with van der Waals surface area (Å²) < 4.78 is 16.6. The van der Waals surface area contributed by atoms with Crippen molar-refractivity contribution >= 4 is 11.6 Å². The van der Waals surface area contributed by atoms with Crippen molar-refractivity contribution in [2.75, 3.05) is 33.5 Å². The number of ether oxygens (including phenoxy) is 3. The number of rotatable bonds is 7. The molecule has 0 radical (unpaired) electrons. The Morgan fingerprint density at radius 2 is 2.14 bits per heavy atom. The van der Waals surface area contributed by atoms with Gasteiger partial charge in [-0.25, -0.2) is 0 Å². The number of nitrogens with one attached hydrogen (secondary N) is 1. The first-order chi connectivity index (χ1) is 10.6. The minimum atomic E-state index is -0.292. The number of aliphatic hydroxyl groups is 1. The Morgan fingerprint density at radius 3 is 2.86 bits per heavy atom. The fourth-order valence-corrected chi connectivity index (χ4v) is 2.77. The highest BCUT2D eigenvalue weighted by atomic mass is 35.5. The Morgan fingerprint density at radius 1 is 1.36 bits per heavy atom. The molecule has 0 aliphatic carbocycles. The van der Waals surface area contributed by atoms with Gasteiger partial charge in [0.25, 0.3) is 0 Å². The van der Waals surface area contributed by atoms with E-state index in [1.807, 2.05) is 19.1 Å². The van der Waals surface area contributed by atoms with Gasteiger partial charge in [-0.05, 0) is 31.0 Å². The lowest BCUT2D eigenvalue weighted by atomic mass is 9.99. The van der Waals surface area contributed by atoms with Crippen molar-refractivity contribution in [2.24, 2.45) is 0 Å². The van der Waals surface area contributed by atoms with Gasteiger partial charge in [0.2, 0.25) is 0 Å². The van der Waals surface area contributed by atoms with Crippen LogP contribution in [0.1, 0.15) is 25.3 Å². The molecular weight excluding hydrogens is 306 g/mol. The molecule has 5 nitrogen and oxygen atoms in total. The van der Waals surface area contributed by atoms with Crippen LogP contribution in [0, 0.1) is 0 Å². The number of hydrogen-bond donors (Lipinski definition) is 2. The van der Waals surface area contributed by atoms with Crippen LogP contribution >= 0.6 is 11.6 Å². The summed E-state index contributed by atoms with van der Waals surface area (Å²) in [6.07, 6.45) is 1.46. The van der Waals surface area contributed by atoms with Crippen molar-refractivity contribution in [1.82, 2.24) is 5.32 Å². The van der Waals surface area contributed by atoms with E-state index in [9.17, 15) is 5.11 Å². The molecule has 6 heteroatoms. The van der Waals surface area contributed by atoms with Crippen LogP contribution in [0.2, 0.25) is 5.02 Å². The van der Waals surface area contributed by atoms with E-state index < -0.39 is 0 Å². The highest BCUT2D eigenvalue weighted by Gasteiger charge is 2.23. The van der Waals surface area contributed by atoms with Crippen molar-refractivity contribution in [2.45, 2.75) is 31.8 Å². The number of halogens is 1. The molecule has 1 atom stereocenters. The third kappa shape index (κ3) is 4.49. The largest absolute Gasteiger partial charge is 0.489 e. The van der Waals surface area contributed by atoms with Gasteiger partial charge in [0.1, 0.15) is 0 Å². The summed E-state index contributed by atoms with van der Waals surface area (Å²) >= 11 is 6.29. The minimum absolute atomic E-state index is 0.106. The topological polar surface area (TPSA) is 60.0 Å². The maximum Gasteiger partial charge on any atom is 0.179 e. The lowest BCUT2D eigenvalue weighted by molar-refractivity contribution is 0.0969. The van der Waals surface area contributed by atoms with Gasteiger partial charge >= 0.3 is 0 Å². The molecule has 1 aromatic carbocycles. The molecule has 124 valence electrons. The Hall–Kier alpha value is -1.01. The van der Waals surface area contributed by atoms with Crippen LogP contribution in [0.25, 0.3) is 0 Å². The highest BCUT2D eigenvalue weighted by molar-refractivity contribution is 6.32. The molecule has 0 fully saturated rings. The van der Waals surface area contributed by atoms with Crippen molar-refractivity contribution < 1.29 is 19.3 Å². The van der Waals surface area contributed by atoms with Crippen molar-refractivity contribution in [3.8, 4) is 11.5 Å². The quantitative estimate of drug-likeness (QED) is 0.804. The van der Waals surface area contributed by atoms with E-state index >= 15 is 0 Å². The number of aliphatic hydroxyl groups excluding tert-OH is 1. The van der Waals surface area contributed by atoms with Gasteiger partial charge in [0.05, 0.1) is 24.8 Å². The predicted octanol–water partition coefficient (Wildman–Crippen LogP) is 2.38. The highest BCUT2D eigenvalue weighted by Crippen LogP contribution is 2.38. The summed E-state index contributed by atoms with van der Waals surface area (Å²) in [5.41, 5.74) is 0.717. The molecule has 2 N–H and O–H groups in total. The van der Waals surface area contributed by atoms with Crippen LogP contribution in [0.15, 0.2) is 12.1 Å². The molecular formula is C16H24ClNO4. The fourth-order valence-electron chi connectivity index (χ4n) is 2.48. The van der Waals surface area contributed by atoms with E-state index in [1.54, 1.807) is 7.11 Å². The van der Waals surface area contributed by atoms with Gasteiger partial charge in [-0.1, -0.05) is 11.6 Å². The van der Waals surface area contributed by atoms with E-state index in [0.29, 0.717) is 49.3 Å².